The van der Waals surface area contributed by atoms with E-state index in [1.165, 1.54) is 6.20 Å². The van der Waals surface area contributed by atoms with E-state index in [0.717, 1.165) is 5.56 Å². The molecule has 98 valence electrons. The average molecular weight is 259 g/mol. The molecule has 0 unspecified atom stereocenters. The maximum absolute atomic E-state index is 11.1. The number of aryl methyl sites for hydroxylation is 1. The third-order valence-electron chi connectivity index (χ3n) is 2.83. The van der Waals surface area contributed by atoms with Gasteiger partial charge < -0.3 is 15.4 Å². The Morgan fingerprint density at radius 1 is 1.42 bits per heavy atom. The molecule has 0 saturated heterocycles. The second-order valence-electron chi connectivity index (χ2n) is 4.15. The van der Waals surface area contributed by atoms with Crippen LogP contribution >= 0.6 is 0 Å². The highest BCUT2D eigenvalue weighted by atomic mass is 16.4. The Bertz CT molecular complexity index is 646. The molecule has 1 heterocycles. The number of rotatable bonds is 4. The summed E-state index contributed by atoms with van der Waals surface area (Å²) >= 11 is 0. The number of primary amides is 1. The zero-order valence-corrected chi connectivity index (χ0v) is 10.3. The number of nitrogens with two attached hydrogens (primary N) is 1. The Morgan fingerprint density at radius 3 is 2.79 bits per heavy atom. The molecule has 0 aliphatic carbocycles. The van der Waals surface area contributed by atoms with Crippen molar-refractivity contribution in [1.29, 1.82) is 0 Å². The van der Waals surface area contributed by atoms with Crippen LogP contribution in [-0.4, -0.2) is 26.5 Å². The van der Waals surface area contributed by atoms with Gasteiger partial charge in [0, 0.05) is 12.1 Å². The number of nitrogens with zero attached hydrogens (tertiary/aromatic N) is 2. The first kappa shape index (κ1) is 12.8. The fraction of sp³-hybridized carbons (Fsp3) is 0.154. The normalized spacial score (nSPS) is 10.4. The Kier molecular flexibility index (Phi) is 3.33. The van der Waals surface area contributed by atoms with Gasteiger partial charge in [-0.15, -0.1) is 0 Å². The van der Waals surface area contributed by atoms with Crippen molar-refractivity contribution in [3.63, 3.8) is 0 Å². The molecule has 0 saturated carbocycles. The molecule has 1 amide bonds. The van der Waals surface area contributed by atoms with Crippen molar-refractivity contribution >= 4 is 11.9 Å². The lowest BCUT2D eigenvalue weighted by Gasteiger charge is -2.08. The van der Waals surface area contributed by atoms with Gasteiger partial charge in [0.05, 0.1) is 6.20 Å². The highest BCUT2D eigenvalue weighted by Crippen LogP contribution is 2.11. The summed E-state index contributed by atoms with van der Waals surface area (Å²) in [6.07, 6.45) is 1.32. The van der Waals surface area contributed by atoms with Crippen molar-refractivity contribution in [1.82, 2.24) is 9.55 Å². The Balaban J connectivity index is 2.36. The van der Waals surface area contributed by atoms with Crippen LogP contribution < -0.4 is 5.73 Å². The fourth-order valence-electron chi connectivity index (χ4n) is 1.84. The van der Waals surface area contributed by atoms with Crippen LogP contribution in [0.25, 0.3) is 0 Å². The van der Waals surface area contributed by atoms with Gasteiger partial charge in [0.1, 0.15) is 11.5 Å². The molecular weight excluding hydrogens is 246 g/mol. The van der Waals surface area contributed by atoms with Gasteiger partial charge in [-0.2, -0.15) is 0 Å². The third-order valence-corrected chi connectivity index (χ3v) is 2.83. The van der Waals surface area contributed by atoms with E-state index < -0.39 is 11.9 Å². The third kappa shape index (κ3) is 2.62. The standard InChI is InChI=1S/C13H13N3O3/c1-8-15-6-11(13(18)19)16(8)7-9-3-2-4-10(5-9)12(14)17/h2-6H,7H2,1H3,(H2,14,17)(H,18,19). The van der Waals surface area contributed by atoms with E-state index in [0.29, 0.717) is 17.9 Å². The second kappa shape index (κ2) is 4.93. The zero-order chi connectivity index (χ0) is 14.0. The predicted octanol–water partition coefficient (Wildman–Crippen LogP) is 1.04. The summed E-state index contributed by atoms with van der Waals surface area (Å²) in [5, 5.41) is 9.06. The molecule has 0 aliphatic heterocycles. The Morgan fingerprint density at radius 2 is 2.16 bits per heavy atom. The average Bonchev–Trinajstić information content (AvgIpc) is 2.71. The minimum Gasteiger partial charge on any atom is -0.477 e. The number of amides is 1. The zero-order valence-electron chi connectivity index (χ0n) is 10.3. The molecule has 2 rings (SSSR count). The van der Waals surface area contributed by atoms with Gasteiger partial charge in [0.25, 0.3) is 0 Å². The van der Waals surface area contributed by atoms with Crippen LogP contribution in [-0.2, 0) is 6.54 Å². The predicted molar refractivity (Wildman–Crippen MR) is 68.0 cm³/mol. The topological polar surface area (TPSA) is 98.2 Å². The van der Waals surface area contributed by atoms with Crippen LogP contribution in [0.4, 0.5) is 0 Å². The Hall–Kier alpha value is -2.63. The molecule has 1 aromatic carbocycles. The maximum atomic E-state index is 11.1. The largest absolute Gasteiger partial charge is 0.477 e. The van der Waals surface area contributed by atoms with Gasteiger partial charge in [0.2, 0.25) is 5.91 Å². The number of hydrogen-bond donors (Lipinski definition) is 2. The van der Waals surface area contributed by atoms with E-state index in [1.807, 2.05) is 0 Å². The maximum Gasteiger partial charge on any atom is 0.354 e. The number of benzene rings is 1. The lowest BCUT2D eigenvalue weighted by atomic mass is 10.1. The SMILES string of the molecule is Cc1ncc(C(=O)O)n1Cc1cccc(C(N)=O)c1. The van der Waals surface area contributed by atoms with Crippen LogP contribution in [0.2, 0.25) is 0 Å². The highest BCUT2D eigenvalue weighted by Gasteiger charge is 2.13. The summed E-state index contributed by atoms with van der Waals surface area (Å²) in [5.41, 5.74) is 6.51. The molecule has 6 heteroatoms. The van der Waals surface area contributed by atoms with Gasteiger partial charge in [-0.25, -0.2) is 9.78 Å². The van der Waals surface area contributed by atoms with Crippen LogP contribution in [0.15, 0.2) is 30.5 Å². The first-order chi connectivity index (χ1) is 8.99. The van der Waals surface area contributed by atoms with E-state index in [9.17, 15) is 9.59 Å². The molecule has 19 heavy (non-hydrogen) atoms. The molecule has 0 radical (unpaired) electrons. The number of carbonyl (C=O) groups excluding carboxylic acids is 1. The number of aromatic nitrogens is 2. The van der Waals surface area contributed by atoms with Crippen molar-refractivity contribution in [2.45, 2.75) is 13.5 Å². The minimum absolute atomic E-state index is 0.113. The fourth-order valence-corrected chi connectivity index (χ4v) is 1.84. The molecule has 0 fully saturated rings. The molecule has 0 aliphatic rings. The summed E-state index contributed by atoms with van der Waals surface area (Å²) in [5.74, 6) is -0.948. The van der Waals surface area contributed by atoms with Crippen molar-refractivity contribution < 1.29 is 14.7 Å². The molecule has 2 aromatic rings. The van der Waals surface area contributed by atoms with E-state index in [-0.39, 0.29) is 5.69 Å². The van der Waals surface area contributed by atoms with E-state index in [4.69, 9.17) is 10.8 Å². The molecule has 0 atom stereocenters. The van der Waals surface area contributed by atoms with Gasteiger partial charge >= 0.3 is 5.97 Å². The van der Waals surface area contributed by atoms with Crippen LogP contribution in [0, 0.1) is 6.92 Å². The quantitative estimate of drug-likeness (QED) is 0.856. The lowest BCUT2D eigenvalue weighted by molar-refractivity contribution is 0.0685. The lowest BCUT2D eigenvalue weighted by Crippen LogP contribution is -2.13. The number of hydrogen-bond acceptors (Lipinski definition) is 3. The second-order valence-corrected chi connectivity index (χ2v) is 4.15. The molecular formula is C13H13N3O3. The summed E-state index contributed by atoms with van der Waals surface area (Å²) < 4.78 is 1.57. The molecule has 0 spiro atoms. The van der Waals surface area contributed by atoms with E-state index in [1.54, 1.807) is 35.8 Å². The van der Waals surface area contributed by atoms with Crippen molar-refractivity contribution in [3.8, 4) is 0 Å². The van der Waals surface area contributed by atoms with Gasteiger partial charge in [-0.05, 0) is 24.6 Å². The molecule has 6 nitrogen and oxygen atoms in total. The van der Waals surface area contributed by atoms with E-state index >= 15 is 0 Å². The van der Waals surface area contributed by atoms with Gasteiger partial charge in [-0.3, -0.25) is 4.79 Å². The molecule has 3 N–H and O–H groups in total. The Labute approximate surface area is 109 Å². The number of carboxylic acids is 1. The number of aromatic carboxylic acids is 1. The number of carboxylic acid groups (broad SMARTS) is 1. The minimum atomic E-state index is -1.04. The number of imidazole rings is 1. The van der Waals surface area contributed by atoms with Crippen LogP contribution in [0.1, 0.15) is 32.2 Å². The van der Waals surface area contributed by atoms with Crippen LogP contribution in [0.3, 0.4) is 0 Å². The smallest absolute Gasteiger partial charge is 0.354 e. The monoisotopic (exact) mass is 259 g/mol. The van der Waals surface area contributed by atoms with Crippen molar-refractivity contribution in [3.05, 3.63) is 53.1 Å². The first-order valence-electron chi connectivity index (χ1n) is 5.63. The van der Waals surface area contributed by atoms with Crippen molar-refractivity contribution in [2.75, 3.05) is 0 Å². The summed E-state index contributed by atoms with van der Waals surface area (Å²) in [4.78, 5) is 26.2. The summed E-state index contributed by atoms with van der Waals surface area (Å²) in [7, 11) is 0. The number of carbonyl (C=O) groups is 2. The van der Waals surface area contributed by atoms with Crippen LogP contribution in [0.5, 0.6) is 0 Å². The molecule has 1 aromatic heterocycles. The van der Waals surface area contributed by atoms with E-state index in [2.05, 4.69) is 4.98 Å². The summed E-state index contributed by atoms with van der Waals surface area (Å²) in [6, 6.07) is 6.78. The van der Waals surface area contributed by atoms with Gasteiger partial charge in [-0.1, -0.05) is 12.1 Å². The first-order valence-corrected chi connectivity index (χ1v) is 5.63. The molecule has 0 bridgehead atoms. The van der Waals surface area contributed by atoms with Gasteiger partial charge in [0.15, 0.2) is 0 Å². The van der Waals surface area contributed by atoms with Crippen molar-refractivity contribution in [2.24, 2.45) is 5.73 Å². The summed E-state index contributed by atoms with van der Waals surface area (Å²) in [6.45, 7) is 2.05. The highest BCUT2D eigenvalue weighted by molar-refractivity contribution is 5.92.